The fraction of sp³-hybridized carbons (Fsp3) is 0.158. The number of hydrogen-bond donors (Lipinski definition) is 1. The summed E-state index contributed by atoms with van der Waals surface area (Å²) in [6, 6.07) is 6.53. The highest BCUT2D eigenvalue weighted by atomic mass is 32.2. The Labute approximate surface area is 164 Å². The van der Waals surface area contributed by atoms with Gasteiger partial charge in [-0.25, -0.2) is 8.78 Å². The van der Waals surface area contributed by atoms with E-state index in [0.29, 0.717) is 17.5 Å². The first-order valence-corrected chi connectivity index (χ1v) is 9.24. The van der Waals surface area contributed by atoms with Crippen molar-refractivity contribution in [2.24, 2.45) is 0 Å². The lowest BCUT2D eigenvalue weighted by molar-refractivity contribution is -0.115. The van der Waals surface area contributed by atoms with Crippen LogP contribution in [0, 0.1) is 11.6 Å². The molecule has 0 aliphatic carbocycles. The Bertz CT molecular complexity index is 993. The van der Waals surface area contributed by atoms with Crippen LogP contribution in [0.15, 0.2) is 60.5 Å². The molecule has 0 fully saturated rings. The van der Waals surface area contributed by atoms with E-state index in [9.17, 15) is 13.6 Å². The number of rotatable bonds is 7. The predicted molar refractivity (Wildman–Crippen MR) is 104 cm³/mol. The molecule has 0 saturated carbocycles. The van der Waals surface area contributed by atoms with Gasteiger partial charge < -0.3 is 5.32 Å². The molecule has 144 valence electrons. The van der Waals surface area contributed by atoms with Crippen molar-refractivity contribution in [2.45, 2.75) is 23.9 Å². The van der Waals surface area contributed by atoms with Crippen LogP contribution in [0.5, 0.6) is 0 Å². The summed E-state index contributed by atoms with van der Waals surface area (Å²) < 4.78 is 28.8. The summed E-state index contributed by atoms with van der Waals surface area (Å²) in [7, 11) is 0. The van der Waals surface area contributed by atoms with Gasteiger partial charge in [-0.3, -0.25) is 14.3 Å². The monoisotopic (exact) mass is 401 g/mol. The molecule has 0 saturated heterocycles. The molecule has 0 aliphatic heterocycles. The number of thioether (sulfide) groups is 1. The van der Waals surface area contributed by atoms with Gasteiger partial charge in [0.1, 0.15) is 11.6 Å². The van der Waals surface area contributed by atoms with Crippen LogP contribution in [-0.4, -0.2) is 30.9 Å². The normalized spacial score (nSPS) is 11.8. The molecule has 0 unspecified atom stereocenters. The number of allylic oxidation sites excluding steroid dienone is 1. The third kappa shape index (κ3) is 4.42. The van der Waals surface area contributed by atoms with Crippen molar-refractivity contribution >= 4 is 23.4 Å². The summed E-state index contributed by atoms with van der Waals surface area (Å²) in [5.41, 5.74) is 0.573. The molecule has 0 bridgehead atoms. The minimum atomic E-state index is -0.708. The van der Waals surface area contributed by atoms with Gasteiger partial charge >= 0.3 is 0 Å². The van der Waals surface area contributed by atoms with Crippen molar-refractivity contribution in [1.29, 1.82) is 0 Å². The van der Waals surface area contributed by atoms with E-state index in [4.69, 9.17) is 0 Å². The summed E-state index contributed by atoms with van der Waals surface area (Å²) in [5.74, 6) is -1.23. The molecular weight excluding hydrogens is 384 g/mol. The lowest BCUT2D eigenvalue weighted by atomic mass is 10.3. The Hall–Kier alpha value is -3.07. The van der Waals surface area contributed by atoms with Gasteiger partial charge in [0, 0.05) is 30.6 Å². The maximum Gasteiger partial charge on any atom is 0.237 e. The van der Waals surface area contributed by atoms with E-state index in [1.165, 1.54) is 0 Å². The molecule has 1 amide bonds. The summed E-state index contributed by atoms with van der Waals surface area (Å²) in [6.07, 6.45) is 5.02. The van der Waals surface area contributed by atoms with Crippen LogP contribution in [0.2, 0.25) is 0 Å². The molecule has 2 aromatic heterocycles. The molecule has 1 N–H and O–H groups in total. The van der Waals surface area contributed by atoms with Crippen molar-refractivity contribution in [3.63, 3.8) is 0 Å². The number of halogens is 2. The van der Waals surface area contributed by atoms with Crippen molar-refractivity contribution in [2.75, 3.05) is 5.32 Å². The van der Waals surface area contributed by atoms with Crippen LogP contribution in [0.3, 0.4) is 0 Å². The topological polar surface area (TPSA) is 72.7 Å². The molecule has 3 rings (SSSR count). The third-order valence-corrected chi connectivity index (χ3v) is 4.87. The summed E-state index contributed by atoms with van der Waals surface area (Å²) >= 11 is 1.16. The van der Waals surface area contributed by atoms with Crippen LogP contribution >= 0.6 is 11.8 Å². The van der Waals surface area contributed by atoms with E-state index in [-0.39, 0.29) is 5.69 Å². The third-order valence-electron chi connectivity index (χ3n) is 3.79. The molecule has 28 heavy (non-hydrogen) atoms. The summed E-state index contributed by atoms with van der Waals surface area (Å²) in [6.45, 7) is 5.83. The molecule has 9 heteroatoms. The number of carbonyl (C=O) groups excluding carboxylic acids is 1. The number of carbonyl (C=O) groups is 1. The average molecular weight is 401 g/mol. The van der Waals surface area contributed by atoms with Crippen LogP contribution in [0.1, 0.15) is 6.92 Å². The Morgan fingerprint density at radius 1 is 1.36 bits per heavy atom. The number of nitrogens with zero attached hydrogens (tertiary/aromatic N) is 4. The van der Waals surface area contributed by atoms with Crippen LogP contribution in [0.25, 0.3) is 11.4 Å². The Morgan fingerprint density at radius 2 is 2.18 bits per heavy atom. The number of amides is 1. The first-order valence-electron chi connectivity index (χ1n) is 8.36. The van der Waals surface area contributed by atoms with Crippen molar-refractivity contribution in [1.82, 2.24) is 19.7 Å². The first-order chi connectivity index (χ1) is 13.5. The molecular formula is C19H17F2N5OS. The molecule has 6 nitrogen and oxygen atoms in total. The molecule has 3 aromatic rings. The van der Waals surface area contributed by atoms with E-state index < -0.39 is 22.8 Å². The second-order valence-electron chi connectivity index (χ2n) is 5.82. The molecule has 2 heterocycles. The van der Waals surface area contributed by atoms with Gasteiger partial charge in [-0.1, -0.05) is 17.8 Å². The zero-order valence-electron chi connectivity index (χ0n) is 15.0. The number of nitrogens with one attached hydrogen (secondary N) is 1. The lowest BCUT2D eigenvalue weighted by Gasteiger charge is -2.13. The first kappa shape index (κ1) is 19.7. The van der Waals surface area contributed by atoms with Crippen molar-refractivity contribution < 1.29 is 13.6 Å². The molecule has 0 aliphatic rings. The molecule has 1 atom stereocenters. The highest BCUT2D eigenvalue weighted by Crippen LogP contribution is 2.27. The summed E-state index contributed by atoms with van der Waals surface area (Å²) in [5, 5.41) is 10.6. The van der Waals surface area contributed by atoms with Gasteiger partial charge in [-0.05, 0) is 31.2 Å². The van der Waals surface area contributed by atoms with E-state index in [1.54, 1.807) is 36.0 Å². The maximum atomic E-state index is 13.7. The minimum Gasteiger partial charge on any atom is -0.323 e. The number of pyridine rings is 1. The highest BCUT2D eigenvalue weighted by molar-refractivity contribution is 8.00. The Morgan fingerprint density at radius 3 is 2.89 bits per heavy atom. The maximum absolute atomic E-state index is 13.7. The molecule has 0 spiro atoms. The smallest absolute Gasteiger partial charge is 0.237 e. The molecule has 0 radical (unpaired) electrons. The van der Waals surface area contributed by atoms with Crippen LogP contribution in [0.4, 0.5) is 14.5 Å². The van der Waals surface area contributed by atoms with Crippen LogP contribution < -0.4 is 5.32 Å². The largest absolute Gasteiger partial charge is 0.323 e. The number of aromatic nitrogens is 4. The number of benzene rings is 1. The second-order valence-corrected chi connectivity index (χ2v) is 7.13. The van der Waals surface area contributed by atoms with E-state index in [0.717, 1.165) is 35.5 Å². The Balaban J connectivity index is 1.79. The van der Waals surface area contributed by atoms with Gasteiger partial charge in [-0.2, -0.15) is 0 Å². The predicted octanol–water partition coefficient (Wildman–Crippen LogP) is 3.92. The van der Waals surface area contributed by atoms with Gasteiger partial charge in [0.05, 0.1) is 10.9 Å². The molecule has 1 aromatic carbocycles. The average Bonchev–Trinajstić information content (AvgIpc) is 3.08. The fourth-order valence-electron chi connectivity index (χ4n) is 2.42. The fourth-order valence-corrected chi connectivity index (χ4v) is 3.28. The SMILES string of the molecule is C=CCn1c(S[C@@H](C)C(=O)Nc2cc(F)ccc2F)nnc1-c1cccnc1. The van der Waals surface area contributed by atoms with E-state index in [2.05, 4.69) is 27.1 Å². The summed E-state index contributed by atoms with van der Waals surface area (Å²) in [4.78, 5) is 16.5. The van der Waals surface area contributed by atoms with E-state index >= 15 is 0 Å². The number of hydrogen-bond acceptors (Lipinski definition) is 5. The van der Waals surface area contributed by atoms with Crippen molar-refractivity contribution in [3.05, 3.63) is 67.0 Å². The highest BCUT2D eigenvalue weighted by Gasteiger charge is 2.21. The van der Waals surface area contributed by atoms with E-state index in [1.807, 2.05) is 6.07 Å². The van der Waals surface area contributed by atoms with Gasteiger partial charge in [0.25, 0.3) is 0 Å². The van der Waals surface area contributed by atoms with Gasteiger partial charge in [0.15, 0.2) is 11.0 Å². The van der Waals surface area contributed by atoms with Gasteiger partial charge in [-0.15, -0.1) is 16.8 Å². The van der Waals surface area contributed by atoms with Gasteiger partial charge in [0.2, 0.25) is 5.91 Å². The zero-order valence-corrected chi connectivity index (χ0v) is 15.8. The zero-order chi connectivity index (χ0) is 20.1. The second kappa shape index (κ2) is 8.75. The minimum absolute atomic E-state index is 0.207. The number of anilines is 1. The standard InChI is InChI=1S/C19H17F2N5OS/c1-3-9-26-17(13-5-4-8-22-11-13)24-25-19(26)28-12(2)18(27)23-16-10-14(20)6-7-15(16)21/h3-8,10-12H,1,9H2,2H3,(H,23,27)/t12-/m0/s1. The van der Waals surface area contributed by atoms with Crippen LogP contribution in [-0.2, 0) is 11.3 Å². The quantitative estimate of drug-likeness (QED) is 0.480. The Kier molecular flexibility index (Phi) is 6.15. The van der Waals surface area contributed by atoms with Crippen molar-refractivity contribution in [3.8, 4) is 11.4 Å². The lowest BCUT2D eigenvalue weighted by Crippen LogP contribution is -2.23.